The van der Waals surface area contributed by atoms with Crippen LogP contribution in [0.3, 0.4) is 0 Å². The summed E-state index contributed by atoms with van der Waals surface area (Å²) < 4.78 is 0. The largest absolute Gasteiger partial charge is 0.481 e. The Balaban J connectivity index is 2.04. The quantitative estimate of drug-likeness (QED) is 0.746. The van der Waals surface area contributed by atoms with Gasteiger partial charge >= 0.3 is 5.97 Å². The maximum absolute atomic E-state index is 11.2. The van der Waals surface area contributed by atoms with Crippen molar-refractivity contribution in [1.29, 1.82) is 0 Å². The fourth-order valence-electron chi connectivity index (χ4n) is 2.69. The Morgan fingerprint density at radius 1 is 1.36 bits per heavy atom. The molecule has 0 spiro atoms. The van der Waals surface area contributed by atoms with E-state index in [1.54, 1.807) is 0 Å². The van der Waals surface area contributed by atoms with Gasteiger partial charge in [0.2, 0.25) is 0 Å². The van der Waals surface area contributed by atoms with Crippen molar-refractivity contribution in [2.45, 2.75) is 38.1 Å². The third-order valence-electron chi connectivity index (χ3n) is 3.66. The second kappa shape index (κ2) is 3.89. The normalized spacial score (nSPS) is 31.4. The highest BCUT2D eigenvalue weighted by molar-refractivity contribution is 5.71. The summed E-state index contributed by atoms with van der Waals surface area (Å²) in [5, 5.41) is 9.23. The highest BCUT2D eigenvalue weighted by Gasteiger charge is 2.43. The molecule has 1 saturated heterocycles. The van der Waals surface area contributed by atoms with Crippen molar-refractivity contribution in [3.05, 3.63) is 0 Å². The maximum Gasteiger partial charge on any atom is 0.308 e. The van der Waals surface area contributed by atoms with Crippen LogP contribution in [0.2, 0.25) is 0 Å². The number of rotatable bonds is 3. The third-order valence-corrected chi connectivity index (χ3v) is 3.66. The molecule has 1 aliphatic heterocycles. The lowest BCUT2D eigenvalue weighted by Crippen LogP contribution is -2.45. The monoisotopic (exact) mass is 197 g/mol. The van der Waals surface area contributed by atoms with Gasteiger partial charge in [-0.3, -0.25) is 4.79 Å². The molecule has 1 N–H and O–H groups in total. The molecule has 0 aromatic heterocycles. The molecule has 3 heteroatoms. The lowest BCUT2D eigenvalue weighted by molar-refractivity contribution is -0.145. The average molecular weight is 197 g/mol. The summed E-state index contributed by atoms with van der Waals surface area (Å²) in [5.74, 6) is -0.204. The fourth-order valence-corrected chi connectivity index (χ4v) is 2.69. The van der Waals surface area contributed by atoms with Crippen molar-refractivity contribution >= 4 is 5.97 Å². The zero-order valence-corrected chi connectivity index (χ0v) is 8.78. The number of hydrogen-bond donors (Lipinski definition) is 1. The molecule has 2 unspecified atom stereocenters. The molecule has 0 aromatic carbocycles. The van der Waals surface area contributed by atoms with Crippen LogP contribution >= 0.6 is 0 Å². The average Bonchev–Trinajstić information content (AvgIpc) is 2.92. The molecule has 2 fully saturated rings. The Morgan fingerprint density at radius 2 is 2.07 bits per heavy atom. The topological polar surface area (TPSA) is 40.5 Å². The minimum absolute atomic E-state index is 0.0969. The number of nitrogens with zero attached hydrogens (tertiary/aromatic N) is 1. The summed E-state index contributed by atoms with van der Waals surface area (Å²) >= 11 is 0. The minimum atomic E-state index is -0.578. The summed E-state index contributed by atoms with van der Waals surface area (Å²) in [7, 11) is 2.07. The van der Waals surface area contributed by atoms with Gasteiger partial charge in [0.15, 0.2) is 0 Å². The van der Waals surface area contributed by atoms with Crippen LogP contribution in [0.1, 0.15) is 32.1 Å². The van der Waals surface area contributed by atoms with E-state index in [4.69, 9.17) is 0 Å². The number of likely N-dealkylation sites (tertiary alicyclic amines) is 1. The van der Waals surface area contributed by atoms with Gasteiger partial charge in [0.05, 0.1) is 5.92 Å². The van der Waals surface area contributed by atoms with Gasteiger partial charge in [-0.2, -0.15) is 0 Å². The molecule has 1 saturated carbocycles. The van der Waals surface area contributed by atoms with Crippen molar-refractivity contribution in [2.24, 2.45) is 11.8 Å². The van der Waals surface area contributed by atoms with Crippen LogP contribution in [0.4, 0.5) is 0 Å². The number of carboxylic acids is 1. The molecule has 2 atom stereocenters. The van der Waals surface area contributed by atoms with Crippen LogP contribution < -0.4 is 0 Å². The lowest BCUT2D eigenvalue weighted by Gasteiger charge is -2.36. The number of piperidine rings is 1. The Labute approximate surface area is 85.1 Å². The van der Waals surface area contributed by atoms with Crippen LogP contribution in [0.25, 0.3) is 0 Å². The highest BCUT2D eigenvalue weighted by Crippen LogP contribution is 2.41. The van der Waals surface area contributed by atoms with Gasteiger partial charge in [-0.05, 0) is 45.2 Å². The Kier molecular flexibility index (Phi) is 2.77. The number of aliphatic carboxylic acids is 1. The van der Waals surface area contributed by atoms with E-state index in [0.717, 1.165) is 25.8 Å². The van der Waals surface area contributed by atoms with E-state index in [1.807, 2.05) is 0 Å². The third kappa shape index (κ3) is 1.92. The molecule has 80 valence electrons. The first kappa shape index (κ1) is 9.97. The van der Waals surface area contributed by atoms with E-state index < -0.39 is 5.97 Å². The standard InChI is InChI=1S/C11H19NO2/c1-12-7-3-2-4-9(12)10(11(13)14)8-5-6-8/h8-10H,2-7H2,1H3,(H,13,14). The van der Waals surface area contributed by atoms with Gasteiger partial charge < -0.3 is 10.0 Å². The number of carbonyl (C=O) groups is 1. The van der Waals surface area contributed by atoms with Crippen molar-refractivity contribution in [3.8, 4) is 0 Å². The first-order valence-corrected chi connectivity index (χ1v) is 5.63. The van der Waals surface area contributed by atoms with Crippen LogP contribution in [0.5, 0.6) is 0 Å². The Hall–Kier alpha value is -0.570. The van der Waals surface area contributed by atoms with Crippen LogP contribution in [-0.2, 0) is 4.79 Å². The summed E-state index contributed by atoms with van der Waals surface area (Å²) in [5.41, 5.74) is 0. The van der Waals surface area contributed by atoms with E-state index in [9.17, 15) is 9.90 Å². The van der Waals surface area contributed by atoms with Crippen molar-refractivity contribution < 1.29 is 9.90 Å². The van der Waals surface area contributed by atoms with Gasteiger partial charge in [0, 0.05) is 6.04 Å². The van der Waals surface area contributed by atoms with Gasteiger partial charge in [-0.25, -0.2) is 0 Å². The summed E-state index contributed by atoms with van der Waals surface area (Å²) in [4.78, 5) is 13.4. The van der Waals surface area contributed by atoms with E-state index in [1.165, 1.54) is 12.8 Å². The van der Waals surface area contributed by atoms with Crippen molar-refractivity contribution in [2.75, 3.05) is 13.6 Å². The van der Waals surface area contributed by atoms with E-state index in [2.05, 4.69) is 11.9 Å². The van der Waals surface area contributed by atoms with Crippen molar-refractivity contribution in [3.63, 3.8) is 0 Å². The van der Waals surface area contributed by atoms with Crippen LogP contribution in [0, 0.1) is 11.8 Å². The van der Waals surface area contributed by atoms with E-state index >= 15 is 0 Å². The predicted octanol–water partition coefficient (Wildman–Crippen LogP) is 1.58. The van der Waals surface area contributed by atoms with Gasteiger partial charge in [-0.15, -0.1) is 0 Å². The molecular weight excluding hydrogens is 178 g/mol. The molecule has 0 radical (unpaired) electrons. The molecular formula is C11H19NO2. The van der Waals surface area contributed by atoms with E-state index in [0.29, 0.717) is 12.0 Å². The molecule has 0 bridgehead atoms. The van der Waals surface area contributed by atoms with Crippen LogP contribution in [0.15, 0.2) is 0 Å². The van der Waals surface area contributed by atoms with Gasteiger partial charge in [0.1, 0.15) is 0 Å². The molecule has 0 amide bonds. The zero-order valence-electron chi connectivity index (χ0n) is 8.78. The minimum Gasteiger partial charge on any atom is -0.481 e. The molecule has 3 nitrogen and oxygen atoms in total. The molecule has 2 aliphatic rings. The molecule has 2 rings (SSSR count). The van der Waals surface area contributed by atoms with Gasteiger partial charge in [0.25, 0.3) is 0 Å². The summed E-state index contributed by atoms with van der Waals surface area (Å²) in [6.07, 6.45) is 5.75. The number of carboxylic acid groups (broad SMARTS) is 1. The Morgan fingerprint density at radius 3 is 2.57 bits per heavy atom. The zero-order chi connectivity index (χ0) is 10.1. The summed E-state index contributed by atoms with van der Waals surface area (Å²) in [6.45, 7) is 1.07. The first-order chi connectivity index (χ1) is 6.70. The smallest absolute Gasteiger partial charge is 0.308 e. The van der Waals surface area contributed by atoms with Crippen LogP contribution in [-0.4, -0.2) is 35.6 Å². The SMILES string of the molecule is CN1CCCCC1C(C(=O)O)C1CC1. The molecule has 1 heterocycles. The lowest BCUT2D eigenvalue weighted by atomic mass is 9.87. The van der Waals surface area contributed by atoms with E-state index in [-0.39, 0.29) is 5.92 Å². The molecule has 14 heavy (non-hydrogen) atoms. The predicted molar refractivity (Wildman–Crippen MR) is 54.1 cm³/mol. The molecule has 1 aliphatic carbocycles. The highest BCUT2D eigenvalue weighted by atomic mass is 16.4. The van der Waals surface area contributed by atoms with Crippen molar-refractivity contribution in [1.82, 2.24) is 4.90 Å². The van der Waals surface area contributed by atoms with Gasteiger partial charge in [-0.1, -0.05) is 6.42 Å². The Bertz CT molecular complexity index is 225. The maximum atomic E-state index is 11.2. The number of hydrogen-bond acceptors (Lipinski definition) is 2. The second-order valence-electron chi connectivity index (χ2n) is 4.75. The first-order valence-electron chi connectivity index (χ1n) is 5.63. The molecule has 0 aromatic rings. The second-order valence-corrected chi connectivity index (χ2v) is 4.75. The summed E-state index contributed by atoms with van der Waals surface area (Å²) in [6, 6.07) is 0.300. The fraction of sp³-hybridized carbons (Fsp3) is 0.909.